The van der Waals surface area contributed by atoms with Gasteiger partial charge in [-0.3, -0.25) is 0 Å². The fourth-order valence-electron chi connectivity index (χ4n) is 2.71. The van der Waals surface area contributed by atoms with Gasteiger partial charge in [-0.1, -0.05) is 32.1 Å². The van der Waals surface area contributed by atoms with Gasteiger partial charge in [0.1, 0.15) is 0 Å². The van der Waals surface area contributed by atoms with Crippen LogP contribution < -0.4 is 0 Å². The molecular formula is C14H28O3. The molecule has 0 aromatic rings. The van der Waals surface area contributed by atoms with E-state index in [1.807, 2.05) is 20.8 Å². The number of rotatable bonds is 8. The summed E-state index contributed by atoms with van der Waals surface area (Å²) in [6, 6.07) is 0. The van der Waals surface area contributed by atoms with Crippen molar-refractivity contribution in [2.75, 3.05) is 19.8 Å². The number of hydrogen-bond donors (Lipinski definition) is 0. The minimum Gasteiger partial charge on any atom is -0.328 e. The van der Waals surface area contributed by atoms with E-state index in [9.17, 15) is 0 Å². The Morgan fingerprint density at radius 3 is 1.71 bits per heavy atom. The number of ether oxygens (including phenoxy) is 3. The number of hydrogen-bond acceptors (Lipinski definition) is 3. The Balaban J connectivity index is 2.57. The van der Waals surface area contributed by atoms with Crippen LogP contribution in [-0.4, -0.2) is 25.8 Å². The van der Waals surface area contributed by atoms with E-state index in [1.165, 1.54) is 32.1 Å². The molecule has 1 fully saturated rings. The van der Waals surface area contributed by atoms with Crippen LogP contribution in [0.3, 0.4) is 0 Å². The molecule has 0 bridgehead atoms. The van der Waals surface area contributed by atoms with E-state index in [2.05, 4.69) is 0 Å². The van der Waals surface area contributed by atoms with Gasteiger partial charge in [0, 0.05) is 26.2 Å². The third-order valence-corrected chi connectivity index (χ3v) is 3.36. The summed E-state index contributed by atoms with van der Waals surface area (Å²) in [4.78, 5) is 0. The summed E-state index contributed by atoms with van der Waals surface area (Å²) in [6.45, 7) is 7.88. The third kappa shape index (κ3) is 4.94. The van der Waals surface area contributed by atoms with E-state index in [1.54, 1.807) is 0 Å². The van der Waals surface area contributed by atoms with Crippen LogP contribution >= 0.6 is 0 Å². The Hall–Kier alpha value is -0.120. The summed E-state index contributed by atoms with van der Waals surface area (Å²) in [5.41, 5.74) is 0. The molecule has 1 rings (SSSR count). The fraction of sp³-hybridized carbons (Fsp3) is 1.00. The van der Waals surface area contributed by atoms with Crippen LogP contribution in [0.15, 0.2) is 0 Å². The molecule has 0 spiro atoms. The van der Waals surface area contributed by atoms with Gasteiger partial charge in [0.2, 0.25) is 0 Å². The lowest BCUT2D eigenvalue weighted by molar-refractivity contribution is -0.384. The van der Waals surface area contributed by atoms with Crippen molar-refractivity contribution in [3.8, 4) is 0 Å². The van der Waals surface area contributed by atoms with Crippen LogP contribution in [0.2, 0.25) is 0 Å². The first-order valence-corrected chi connectivity index (χ1v) is 7.18. The lowest BCUT2D eigenvalue weighted by Crippen LogP contribution is -2.41. The Morgan fingerprint density at radius 2 is 1.29 bits per heavy atom. The van der Waals surface area contributed by atoms with E-state index < -0.39 is 5.97 Å². The molecule has 0 N–H and O–H groups in total. The molecule has 0 aromatic heterocycles. The monoisotopic (exact) mass is 244 g/mol. The Morgan fingerprint density at radius 1 is 0.824 bits per heavy atom. The van der Waals surface area contributed by atoms with Gasteiger partial charge in [0.15, 0.2) is 0 Å². The van der Waals surface area contributed by atoms with E-state index in [0.717, 1.165) is 6.42 Å². The van der Waals surface area contributed by atoms with E-state index in [0.29, 0.717) is 25.7 Å². The molecule has 0 unspecified atom stereocenters. The average Bonchev–Trinajstić information content (AvgIpc) is 2.31. The highest BCUT2D eigenvalue weighted by Gasteiger charge is 2.35. The van der Waals surface area contributed by atoms with E-state index in [-0.39, 0.29) is 0 Å². The zero-order valence-corrected chi connectivity index (χ0v) is 11.7. The molecule has 3 heteroatoms. The lowest BCUT2D eigenvalue weighted by Gasteiger charge is -2.36. The second kappa shape index (κ2) is 8.06. The Bertz CT molecular complexity index is 171. The molecule has 0 amide bonds. The summed E-state index contributed by atoms with van der Waals surface area (Å²) in [5.74, 6) is -0.103. The molecule has 1 aliphatic rings. The van der Waals surface area contributed by atoms with Crippen molar-refractivity contribution < 1.29 is 14.2 Å². The van der Waals surface area contributed by atoms with Crippen LogP contribution in [0.25, 0.3) is 0 Å². The van der Waals surface area contributed by atoms with Crippen molar-refractivity contribution in [2.24, 2.45) is 5.92 Å². The molecular weight excluding hydrogens is 216 g/mol. The van der Waals surface area contributed by atoms with Crippen LogP contribution in [0.5, 0.6) is 0 Å². The van der Waals surface area contributed by atoms with Gasteiger partial charge in [-0.2, -0.15) is 0 Å². The topological polar surface area (TPSA) is 27.7 Å². The largest absolute Gasteiger partial charge is 0.328 e. The summed E-state index contributed by atoms with van der Waals surface area (Å²) >= 11 is 0. The first kappa shape index (κ1) is 14.9. The van der Waals surface area contributed by atoms with Gasteiger partial charge >= 0.3 is 0 Å². The van der Waals surface area contributed by atoms with E-state index in [4.69, 9.17) is 14.2 Å². The van der Waals surface area contributed by atoms with Crippen molar-refractivity contribution >= 4 is 0 Å². The molecule has 0 saturated heterocycles. The Kier molecular flexibility index (Phi) is 7.09. The van der Waals surface area contributed by atoms with Crippen LogP contribution in [0, 0.1) is 5.92 Å². The summed E-state index contributed by atoms with van der Waals surface area (Å²) < 4.78 is 17.3. The molecule has 17 heavy (non-hydrogen) atoms. The molecule has 0 heterocycles. The first-order valence-electron chi connectivity index (χ1n) is 7.18. The molecule has 3 nitrogen and oxygen atoms in total. The van der Waals surface area contributed by atoms with Gasteiger partial charge in [-0.15, -0.1) is 0 Å². The van der Waals surface area contributed by atoms with E-state index >= 15 is 0 Å². The zero-order valence-electron chi connectivity index (χ0n) is 11.7. The zero-order chi connectivity index (χ0) is 12.6. The standard InChI is InChI=1S/C14H28O3/c1-4-15-14(16-5-2,17-6-3)12-13-10-8-7-9-11-13/h13H,4-12H2,1-3H3. The summed E-state index contributed by atoms with van der Waals surface area (Å²) in [7, 11) is 0. The highest BCUT2D eigenvalue weighted by molar-refractivity contribution is 4.71. The predicted octanol–water partition coefficient (Wildman–Crippen LogP) is 3.72. The van der Waals surface area contributed by atoms with Gasteiger partial charge in [-0.25, -0.2) is 0 Å². The second-order valence-corrected chi connectivity index (χ2v) is 4.69. The lowest BCUT2D eigenvalue weighted by atomic mass is 9.86. The maximum atomic E-state index is 5.77. The molecule has 0 aromatic carbocycles. The fourth-order valence-corrected chi connectivity index (χ4v) is 2.71. The highest BCUT2D eigenvalue weighted by Crippen LogP contribution is 2.33. The quantitative estimate of drug-likeness (QED) is 0.609. The van der Waals surface area contributed by atoms with Crippen LogP contribution in [-0.2, 0) is 14.2 Å². The van der Waals surface area contributed by atoms with Crippen molar-refractivity contribution in [2.45, 2.75) is 65.3 Å². The maximum absolute atomic E-state index is 5.77. The highest BCUT2D eigenvalue weighted by atomic mass is 16.9. The molecule has 0 atom stereocenters. The van der Waals surface area contributed by atoms with Gasteiger partial charge < -0.3 is 14.2 Å². The Labute approximate surface area is 106 Å². The van der Waals surface area contributed by atoms with Gasteiger partial charge in [-0.05, 0) is 26.7 Å². The van der Waals surface area contributed by atoms with Crippen molar-refractivity contribution in [3.63, 3.8) is 0 Å². The van der Waals surface area contributed by atoms with Gasteiger partial charge in [0.25, 0.3) is 5.97 Å². The SMILES string of the molecule is CCOC(CC1CCCCC1)(OCC)OCC. The second-order valence-electron chi connectivity index (χ2n) is 4.69. The smallest absolute Gasteiger partial charge is 0.283 e. The predicted molar refractivity (Wildman–Crippen MR) is 68.8 cm³/mol. The minimum atomic E-state index is -0.791. The van der Waals surface area contributed by atoms with Crippen molar-refractivity contribution in [3.05, 3.63) is 0 Å². The summed E-state index contributed by atoms with van der Waals surface area (Å²) in [5, 5.41) is 0. The van der Waals surface area contributed by atoms with Gasteiger partial charge in [0.05, 0.1) is 0 Å². The normalized spacial score (nSPS) is 18.5. The molecule has 1 saturated carbocycles. The molecule has 0 aliphatic heterocycles. The van der Waals surface area contributed by atoms with Crippen molar-refractivity contribution in [1.82, 2.24) is 0 Å². The molecule has 102 valence electrons. The third-order valence-electron chi connectivity index (χ3n) is 3.36. The summed E-state index contributed by atoms with van der Waals surface area (Å²) in [6.07, 6.45) is 7.50. The minimum absolute atomic E-state index is 0.632. The first-order chi connectivity index (χ1) is 8.26. The van der Waals surface area contributed by atoms with Crippen molar-refractivity contribution in [1.29, 1.82) is 0 Å². The molecule has 1 aliphatic carbocycles. The molecule has 0 radical (unpaired) electrons. The average molecular weight is 244 g/mol. The van der Waals surface area contributed by atoms with Crippen LogP contribution in [0.4, 0.5) is 0 Å². The van der Waals surface area contributed by atoms with Crippen LogP contribution in [0.1, 0.15) is 59.3 Å². The maximum Gasteiger partial charge on any atom is 0.283 e.